The van der Waals surface area contributed by atoms with Gasteiger partial charge in [0.05, 0.1) is 0 Å². The van der Waals surface area contributed by atoms with E-state index in [9.17, 15) is 13.2 Å². The Morgan fingerprint density at radius 2 is 1.84 bits per heavy atom. The first-order valence-electron chi connectivity index (χ1n) is 9.92. The molecular weight excluding hydrogens is 438 g/mol. The molecule has 3 rings (SSSR count). The summed E-state index contributed by atoms with van der Waals surface area (Å²) in [7, 11) is 1.18. The highest BCUT2D eigenvalue weighted by atomic mass is 32.2. The van der Waals surface area contributed by atoms with E-state index in [-0.39, 0.29) is 24.0 Å². The molecule has 0 aliphatic carbocycles. The zero-order chi connectivity index (χ0) is 23.7. The number of benzene rings is 1. The minimum atomic E-state index is -3.72. The molecule has 1 saturated heterocycles. The Morgan fingerprint density at radius 1 is 1.25 bits per heavy atom. The van der Waals surface area contributed by atoms with Crippen LogP contribution in [0.2, 0.25) is 0 Å². The Balaban J connectivity index is 0.00000114. The molecule has 32 heavy (non-hydrogen) atoms. The van der Waals surface area contributed by atoms with Gasteiger partial charge in [-0.15, -0.1) is 0 Å². The van der Waals surface area contributed by atoms with Gasteiger partial charge in [-0.2, -0.15) is 17.4 Å². The quantitative estimate of drug-likeness (QED) is 0.560. The van der Waals surface area contributed by atoms with E-state index in [1.54, 1.807) is 4.90 Å². The smallest absolute Gasteiger partial charge is 0.290 e. The van der Waals surface area contributed by atoms with Crippen LogP contribution in [0.25, 0.3) is 0 Å². The van der Waals surface area contributed by atoms with Crippen molar-refractivity contribution in [1.29, 1.82) is 0 Å². The number of piperazine rings is 1. The molecular formula is C20H29N5O6S. The van der Waals surface area contributed by atoms with Gasteiger partial charge in [-0.05, 0) is 19.0 Å². The van der Waals surface area contributed by atoms with Gasteiger partial charge in [0.2, 0.25) is 5.89 Å². The van der Waals surface area contributed by atoms with Crippen molar-refractivity contribution in [3.05, 3.63) is 53.7 Å². The van der Waals surface area contributed by atoms with Crippen LogP contribution < -0.4 is 4.72 Å². The van der Waals surface area contributed by atoms with E-state index in [1.807, 2.05) is 37.4 Å². The first-order valence-corrected chi connectivity index (χ1v) is 11.4. The molecule has 1 aliphatic heterocycles. The molecule has 0 bridgehead atoms. The van der Waals surface area contributed by atoms with Gasteiger partial charge in [0, 0.05) is 40.3 Å². The molecule has 1 amide bonds. The number of carbonyl (C=O) groups excluding carboxylic acids is 1. The third kappa shape index (κ3) is 7.12. The number of likely N-dealkylation sites (N-methyl/N-ethyl adjacent to an activating group) is 1. The number of amides is 1. The maximum absolute atomic E-state index is 12.7. The fourth-order valence-corrected chi connectivity index (χ4v) is 3.79. The molecule has 2 aromatic rings. The number of carboxylic acid groups (broad SMARTS) is 1. The molecule has 2 heterocycles. The van der Waals surface area contributed by atoms with Crippen molar-refractivity contribution in [3.8, 4) is 0 Å². The van der Waals surface area contributed by atoms with Crippen LogP contribution in [0.4, 0.5) is 0 Å². The van der Waals surface area contributed by atoms with E-state index in [0.29, 0.717) is 19.5 Å². The second-order valence-electron chi connectivity index (χ2n) is 7.42. The van der Waals surface area contributed by atoms with Crippen LogP contribution >= 0.6 is 0 Å². The SMILES string of the molecule is CN1CCN(C(=O)c2coc([C@H](Cc3ccccc3)NS(=O)(=O)N(C)C)n2)CC1.O=CO. The van der Waals surface area contributed by atoms with Crippen molar-refractivity contribution in [2.45, 2.75) is 12.5 Å². The fraction of sp³-hybridized carbons (Fsp3) is 0.450. The number of aromatic nitrogens is 1. The second-order valence-corrected chi connectivity index (χ2v) is 9.34. The number of hydrogen-bond donors (Lipinski definition) is 2. The van der Waals surface area contributed by atoms with Crippen LogP contribution in [0.5, 0.6) is 0 Å². The van der Waals surface area contributed by atoms with E-state index in [0.717, 1.165) is 23.0 Å². The van der Waals surface area contributed by atoms with Crippen molar-refractivity contribution < 1.29 is 27.5 Å². The summed E-state index contributed by atoms with van der Waals surface area (Å²) in [5, 5.41) is 6.89. The second kappa shape index (κ2) is 11.7. The van der Waals surface area contributed by atoms with Crippen LogP contribution in [0.3, 0.4) is 0 Å². The maximum atomic E-state index is 12.7. The minimum absolute atomic E-state index is 0.164. The van der Waals surface area contributed by atoms with Gasteiger partial charge in [-0.3, -0.25) is 9.59 Å². The number of rotatable bonds is 7. The average Bonchev–Trinajstić information content (AvgIpc) is 3.25. The largest absolute Gasteiger partial charge is 0.483 e. The summed E-state index contributed by atoms with van der Waals surface area (Å²) >= 11 is 0. The molecule has 1 aromatic carbocycles. The van der Waals surface area contributed by atoms with E-state index in [2.05, 4.69) is 14.6 Å². The minimum Gasteiger partial charge on any atom is -0.483 e. The lowest BCUT2D eigenvalue weighted by molar-refractivity contribution is -0.122. The van der Waals surface area contributed by atoms with E-state index >= 15 is 0 Å². The highest BCUT2D eigenvalue weighted by Crippen LogP contribution is 2.20. The monoisotopic (exact) mass is 467 g/mol. The van der Waals surface area contributed by atoms with Crippen LogP contribution in [0, 0.1) is 0 Å². The number of hydrogen-bond acceptors (Lipinski definition) is 7. The number of nitrogens with one attached hydrogen (secondary N) is 1. The molecule has 11 nitrogen and oxygen atoms in total. The molecule has 2 N–H and O–H groups in total. The molecule has 1 fully saturated rings. The zero-order valence-electron chi connectivity index (χ0n) is 18.3. The lowest BCUT2D eigenvalue weighted by Crippen LogP contribution is -2.47. The molecule has 1 atom stereocenters. The van der Waals surface area contributed by atoms with Gasteiger partial charge in [-0.1, -0.05) is 30.3 Å². The predicted octanol–water partition coefficient (Wildman–Crippen LogP) is 0.443. The summed E-state index contributed by atoms with van der Waals surface area (Å²) in [5.41, 5.74) is 1.11. The Hall–Kier alpha value is -2.80. The molecule has 0 unspecified atom stereocenters. The van der Waals surface area contributed by atoms with Crippen molar-refractivity contribution in [1.82, 2.24) is 23.8 Å². The molecule has 12 heteroatoms. The summed E-state index contributed by atoms with van der Waals surface area (Å²) < 4.78 is 34.0. The first-order chi connectivity index (χ1) is 15.2. The highest BCUT2D eigenvalue weighted by molar-refractivity contribution is 7.87. The van der Waals surface area contributed by atoms with Crippen molar-refractivity contribution in [3.63, 3.8) is 0 Å². The summed E-state index contributed by atoms with van der Waals surface area (Å²) in [5.74, 6) is -0.0428. The summed E-state index contributed by atoms with van der Waals surface area (Å²) in [6, 6.07) is 8.71. The van der Waals surface area contributed by atoms with Crippen LogP contribution in [0.1, 0.15) is 28.0 Å². The van der Waals surface area contributed by atoms with Crippen LogP contribution in [0.15, 0.2) is 41.0 Å². The van der Waals surface area contributed by atoms with Gasteiger partial charge < -0.3 is 19.3 Å². The van der Waals surface area contributed by atoms with E-state index in [4.69, 9.17) is 14.3 Å². The molecule has 0 spiro atoms. The maximum Gasteiger partial charge on any atom is 0.290 e. The van der Waals surface area contributed by atoms with Crippen LogP contribution in [-0.4, -0.2) is 92.3 Å². The van der Waals surface area contributed by atoms with Gasteiger partial charge >= 0.3 is 0 Å². The molecule has 1 aromatic heterocycles. The van der Waals surface area contributed by atoms with Crippen molar-refractivity contribution >= 4 is 22.6 Å². The Morgan fingerprint density at radius 3 is 2.41 bits per heavy atom. The van der Waals surface area contributed by atoms with Crippen LogP contribution in [-0.2, 0) is 21.4 Å². The average molecular weight is 468 g/mol. The number of carbonyl (C=O) groups is 2. The number of oxazole rings is 1. The standard InChI is InChI=1S/C19H27N5O4S.CH2O2/c1-22(2)29(26,27)21-16(13-15-7-5-4-6-8-15)18-20-17(14-28-18)19(25)24-11-9-23(3)10-12-24;2-1-3/h4-8,14,16,21H,9-13H2,1-3H3;1H,(H,2,3)/t16-;/m0./s1. The fourth-order valence-electron chi connectivity index (χ4n) is 3.03. The number of nitrogens with zero attached hydrogens (tertiary/aromatic N) is 4. The Bertz CT molecular complexity index is 971. The van der Waals surface area contributed by atoms with E-state index < -0.39 is 16.3 Å². The third-order valence-corrected chi connectivity index (χ3v) is 6.43. The van der Waals surface area contributed by atoms with Gasteiger partial charge in [0.25, 0.3) is 22.6 Å². The van der Waals surface area contributed by atoms with E-state index in [1.165, 1.54) is 20.4 Å². The highest BCUT2D eigenvalue weighted by Gasteiger charge is 2.28. The normalized spacial score (nSPS) is 15.7. The Kier molecular flexibility index (Phi) is 9.32. The first kappa shape index (κ1) is 25.5. The van der Waals surface area contributed by atoms with Gasteiger partial charge in [0.15, 0.2) is 5.69 Å². The lowest BCUT2D eigenvalue weighted by atomic mass is 10.1. The third-order valence-electron chi connectivity index (χ3n) is 4.88. The predicted molar refractivity (Wildman–Crippen MR) is 117 cm³/mol. The topological polar surface area (TPSA) is 136 Å². The molecule has 176 valence electrons. The zero-order valence-corrected chi connectivity index (χ0v) is 19.2. The summed E-state index contributed by atoms with van der Waals surface area (Å²) in [6.07, 6.45) is 1.65. The lowest BCUT2D eigenvalue weighted by Gasteiger charge is -2.31. The molecule has 0 radical (unpaired) electrons. The van der Waals surface area contributed by atoms with Crippen molar-refractivity contribution in [2.75, 3.05) is 47.3 Å². The van der Waals surface area contributed by atoms with Crippen molar-refractivity contribution in [2.24, 2.45) is 0 Å². The summed E-state index contributed by atoms with van der Waals surface area (Å²) in [4.78, 5) is 29.3. The molecule has 1 aliphatic rings. The Labute approximate surface area is 187 Å². The summed E-state index contributed by atoms with van der Waals surface area (Å²) in [6.45, 7) is 2.60. The molecule has 0 saturated carbocycles. The van der Waals surface area contributed by atoms with Gasteiger partial charge in [0.1, 0.15) is 12.3 Å². The van der Waals surface area contributed by atoms with Gasteiger partial charge in [-0.25, -0.2) is 4.98 Å².